The largest absolute Gasteiger partial charge is 0.294 e. The number of likely N-dealkylation sites (tertiary alicyclic amines) is 1. The number of alkyl halides is 1. The first-order valence-corrected chi connectivity index (χ1v) is 9.20. The molecule has 0 aliphatic carbocycles. The molecule has 0 bridgehead atoms. The third-order valence-electron chi connectivity index (χ3n) is 4.56. The Morgan fingerprint density at radius 1 is 1.24 bits per heavy atom. The average molecular weight is 350 g/mol. The van der Waals surface area contributed by atoms with E-state index in [0.29, 0.717) is 6.04 Å². The van der Waals surface area contributed by atoms with Crippen molar-refractivity contribution < 1.29 is 0 Å². The summed E-state index contributed by atoms with van der Waals surface area (Å²) in [5.41, 5.74) is 2.50. The summed E-state index contributed by atoms with van der Waals surface area (Å²) in [5.74, 6) is 0. The zero-order valence-electron chi connectivity index (χ0n) is 12.8. The highest BCUT2D eigenvalue weighted by molar-refractivity contribution is 9.09. The second kappa shape index (κ2) is 6.93. The molecule has 1 fully saturated rings. The predicted molar refractivity (Wildman–Crippen MR) is 91.9 cm³/mol. The van der Waals surface area contributed by atoms with Gasteiger partial charge in [0, 0.05) is 29.8 Å². The SMILES string of the molecule is CCn1nc(CN2CCCCCC2CBr)c2ccccc21. The van der Waals surface area contributed by atoms with Crippen molar-refractivity contribution in [2.45, 2.75) is 51.7 Å². The molecule has 3 nitrogen and oxygen atoms in total. The minimum Gasteiger partial charge on any atom is -0.294 e. The molecule has 0 radical (unpaired) electrons. The van der Waals surface area contributed by atoms with Crippen LogP contribution >= 0.6 is 15.9 Å². The van der Waals surface area contributed by atoms with Crippen LogP contribution in [0.5, 0.6) is 0 Å². The highest BCUT2D eigenvalue weighted by Crippen LogP contribution is 2.24. The normalized spacial score (nSPS) is 20.8. The number of hydrogen-bond acceptors (Lipinski definition) is 2. The molecule has 1 aliphatic heterocycles. The van der Waals surface area contributed by atoms with Gasteiger partial charge in [-0.2, -0.15) is 5.10 Å². The lowest BCUT2D eigenvalue weighted by Gasteiger charge is -2.27. The van der Waals surface area contributed by atoms with E-state index in [9.17, 15) is 0 Å². The van der Waals surface area contributed by atoms with E-state index in [0.717, 1.165) is 18.4 Å². The van der Waals surface area contributed by atoms with Crippen molar-refractivity contribution >= 4 is 26.8 Å². The summed E-state index contributed by atoms with van der Waals surface area (Å²) in [4.78, 5) is 2.62. The Balaban J connectivity index is 1.89. The molecule has 0 saturated carbocycles. The molecule has 1 aromatic heterocycles. The number of hydrogen-bond donors (Lipinski definition) is 0. The molecule has 0 spiro atoms. The van der Waals surface area contributed by atoms with Gasteiger partial charge in [-0.25, -0.2) is 0 Å². The standard InChI is InChI=1S/C17H24BrN3/c1-2-21-17-10-6-5-9-15(17)16(19-21)13-20-11-7-3-4-8-14(20)12-18/h5-6,9-10,14H,2-4,7-8,11-13H2,1H3. The van der Waals surface area contributed by atoms with Crippen LogP contribution in [0.1, 0.15) is 38.3 Å². The molecule has 1 atom stereocenters. The van der Waals surface area contributed by atoms with Gasteiger partial charge < -0.3 is 0 Å². The molecule has 1 saturated heterocycles. The second-order valence-electron chi connectivity index (χ2n) is 5.91. The Kier molecular flexibility index (Phi) is 4.96. The Morgan fingerprint density at radius 2 is 2.10 bits per heavy atom. The summed E-state index contributed by atoms with van der Waals surface area (Å²) in [7, 11) is 0. The average Bonchev–Trinajstić information content (AvgIpc) is 2.72. The number of rotatable bonds is 4. The zero-order valence-corrected chi connectivity index (χ0v) is 14.3. The summed E-state index contributed by atoms with van der Waals surface area (Å²) >= 11 is 3.70. The first kappa shape index (κ1) is 15.0. The Hall–Kier alpha value is -0.870. The lowest BCUT2D eigenvalue weighted by Crippen LogP contribution is -2.35. The van der Waals surface area contributed by atoms with Gasteiger partial charge in [-0.15, -0.1) is 0 Å². The Labute approximate surface area is 135 Å². The summed E-state index contributed by atoms with van der Waals surface area (Å²) in [6.07, 6.45) is 5.34. The lowest BCUT2D eigenvalue weighted by atomic mass is 10.1. The molecule has 4 heteroatoms. The van der Waals surface area contributed by atoms with E-state index in [2.05, 4.69) is 56.7 Å². The summed E-state index contributed by atoms with van der Waals surface area (Å²) < 4.78 is 2.13. The van der Waals surface area contributed by atoms with Gasteiger partial charge in [0.1, 0.15) is 0 Å². The van der Waals surface area contributed by atoms with E-state index in [1.54, 1.807) is 0 Å². The minimum atomic E-state index is 0.651. The van der Waals surface area contributed by atoms with Crippen LogP contribution in [0.3, 0.4) is 0 Å². The Morgan fingerprint density at radius 3 is 2.90 bits per heavy atom. The minimum absolute atomic E-state index is 0.651. The highest BCUT2D eigenvalue weighted by atomic mass is 79.9. The number of para-hydroxylation sites is 1. The molecule has 0 amide bonds. The molecule has 3 rings (SSSR count). The number of aryl methyl sites for hydroxylation is 1. The second-order valence-corrected chi connectivity index (χ2v) is 6.56. The van der Waals surface area contributed by atoms with Gasteiger partial charge in [-0.1, -0.05) is 47.0 Å². The van der Waals surface area contributed by atoms with E-state index in [4.69, 9.17) is 5.10 Å². The van der Waals surface area contributed by atoms with Gasteiger partial charge in [-0.3, -0.25) is 9.58 Å². The van der Waals surface area contributed by atoms with E-state index >= 15 is 0 Å². The van der Waals surface area contributed by atoms with Crippen molar-refractivity contribution in [3.05, 3.63) is 30.0 Å². The topological polar surface area (TPSA) is 21.1 Å². The third kappa shape index (κ3) is 3.16. The third-order valence-corrected chi connectivity index (χ3v) is 5.31. The molecular formula is C17H24BrN3. The number of aromatic nitrogens is 2. The molecular weight excluding hydrogens is 326 g/mol. The van der Waals surface area contributed by atoms with Crippen molar-refractivity contribution in [2.75, 3.05) is 11.9 Å². The number of halogens is 1. The summed E-state index contributed by atoms with van der Waals surface area (Å²) in [6, 6.07) is 9.27. The zero-order chi connectivity index (χ0) is 14.7. The van der Waals surface area contributed by atoms with Crippen LogP contribution in [-0.4, -0.2) is 32.6 Å². The van der Waals surface area contributed by atoms with Crippen LogP contribution in [-0.2, 0) is 13.1 Å². The molecule has 1 aromatic carbocycles. The lowest BCUT2D eigenvalue weighted by molar-refractivity contribution is 0.207. The highest BCUT2D eigenvalue weighted by Gasteiger charge is 2.22. The van der Waals surface area contributed by atoms with Gasteiger partial charge in [0.2, 0.25) is 0 Å². The van der Waals surface area contributed by atoms with Crippen LogP contribution in [0, 0.1) is 0 Å². The molecule has 0 N–H and O–H groups in total. The predicted octanol–water partition coefficient (Wildman–Crippen LogP) is 4.20. The van der Waals surface area contributed by atoms with Crippen LogP contribution in [0.2, 0.25) is 0 Å². The van der Waals surface area contributed by atoms with Crippen molar-refractivity contribution in [3.8, 4) is 0 Å². The fourth-order valence-electron chi connectivity index (χ4n) is 3.37. The maximum Gasteiger partial charge on any atom is 0.0843 e. The monoisotopic (exact) mass is 349 g/mol. The van der Waals surface area contributed by atoms with Crippen molar-refractivity contribution in [3.63, 3.8) is 0 Å². The van der Waals surface area contributed by atoms with Crippen LogP contribution in [0.25, 0.3) is 10.9 Å². The summed E-state index contributed by atoms with van der Waals surface area (Å²) in [6.45, 7) is 5.27. The molecule has 114 valence electrons. The van der Waals surface area contributed by atoms with Crippen molar-refractivity contribution in [1.29, 1.82) is 0 Å². The molecule has 21 heavy (non-hydrogen) atoms. The van der Waals surface area contributed by atoms with Crippen molar-refractivity contribution in [1.82, 2.24) is 14.7 Å². The smallest absolute Gasteiger partial charge is 0.0843 e. The van der Waals surface area contributed by atoms with Gasteiger partial charge in [0.15, 0.2) is 0 Å². The van der Waals surface area contributed by atoms with E-state index in [-0.39, 0.29) is 0 Å². The number of fused-ring (bicyclic) bond motifs is 1. The van der Waals surface area contributed by atoms with E-state index in [1.807, 2.05) is 0 Å². The van der Waals surface area contributed by atoms with Crippen LogP contribution in [0.15, 0.2) is 24.3 Å². The van der Waals surface area contributed by atoms with Crippen molar-refractivity contribution in [2.24, 2.45) is 0 Å². The van der Waals surface area contributed by atoms with Gasteiger partial charge >= 0.3 is 0 Å². The maximum absolute atomic E-state index is 4.86. The summed E-state index contributed by atoms with van der Waals surface area (Å²) in [5, 5.41) is 7.25. The van der Waals surface area contributed by atoms with Crippen LogP contribution < -0.4 is 0 Å². The van der Waals surface area contributed by atoms with Crippen LogP contribution in [0.4, 0.5) is 0 Å². The maximum atomic E-state index is 4.86. The molecule has 2 heterocycles. The number of benzene rings is 1. The molecule has 1 aliphatic rings. The van der Waals surface area contributed by atoms with Gasteiger partial charge in [0.05, 0.1) is 11.2 Å². The van der Waals surface area contributed by atoms with Gasteiger partial charge in [0.25, 0.3) is 0 Å². The fourth-order valence-corrected chi connectivity index (χ4v) is 4.10. The molecule has 2 aromatic rings. The first-order chi connectivity index (χ1) is 10.3. The van der Waals surface area contributed by atoms with E-state index in [1.165, 1.54) is 48.8 Å². The quantitative estimate of drug-likeness (QED) is 0.771. The number of nitrogens with zero attached hydrogens (tertiary/aromatic N) is 3. The fraction of sp³-hybridized carbons (Fsp3) is 0.588. The first-order valence-electron chi connectivity index (χ1n) is 8.08. The Bertz CT molecular complexity index is 593. The molecule has 1 unspecified atom stereocenters. The van der Waals surface area contributed by atoms with Gasteiger partial charge in [-0.05, 0) is 32.4 Å². The van der Waals surface area contributed by atoms with E-state index < -0.39 is 0 Å².